The van der Waals surface area contributed by atoms with Crippen molar-refractivity contribution in [1.82, 2.24) is 0 Å². The number of anilines is 2. The van der Waals surface area contributed by atoms with Gasteiger partial charge in [-0.15, -0.1) is 0 Å². The number of rotatable bonds is 3. The average molecular weight is 438 g/mol. The van der Waals surface area contributed by atoms with Gasteiger partial charge in [0, 0.05) is 16.9 Å². The maximum absolute atomic E-state index is 5.34. The van der Waals surface area contributed by atoms with Gasteiger partial charge in [0.1, 0.15) is 5.75 Å². The Kier molecular flexibility index (Phi) is 4.01. The van der Waals surface area contributed by atoms with E-state index in [1.54, 1.807) is 7.11 Å². The third-order valence-electron chi connectivity index (χ3n) is 7.39. The summed E-state index contributed by atoms with van der Waals surface area (Å²) < 4.78 is 5.34. The summed E-state index contributed by atoms with van der Waals surface area (Å²) in [6.07, 6.45) is 0. The van der Waals surface area contributed by atoms with Crippen LogP contribution in [0.4, 0.5) is 11.4 Å². The summed E-state index contributed by atoms with van der Waals surface area (Å²) in [5.41, 5.74) is 12.5. The number of fused-ring (bicyclic) bond motifs is 10. The van der Waals surface area contributed by atoms with Crippen LogP contribution in [-0.4, -0.2) is 7.11 Å². The molecule has 0 aliphatic heterocycles. The first kappa shape index (κ1) is 19.2. The molecule has 0 amide bonds. The lowest BCUT2D eigenvalue weighted by atomic mass is 9.70. The highest BCUT2D eigenvalue weighted by molar-refractivity contribution is 5.99. The molecule has 2 aliphatic carbocycles. The minimum absolute atomic E-state index is 0.309. The lowest BCUT2D eigenvalue weighted by Crippen LogP contribution is -2.25. The van der Waals surface area contributed by atoms with E-state index in [4.69, 9.17) is 4.74 Å². The minimum atomic E-state index is -0.309. The van der Waals surface area contributed by atoms with Gasteiger partial charge >= 0.3 is 0 Å². The quantitative estimate of drug-likeness (QED) is 0.305. The van der Waals surface area contributed by atoms with Crippen LogP contribution in [0.1, 0.15) is 22.3 Å². The summed E-state index contributed by atoms with van der Waals surface area (Å²) in [6.45, 7) is 0. The number of ether oxygens (including phenoxy) is 1. The van der Waals surface area contributed by atoms with Crippen molar-refractivity contribution in [2.24, 2.45) is 0 Å². The van der Waals surface area contributed by atoms with Crippen LogP contribution in [0.3, 0.4) is 0 Å². The van der Waals surface area contributed by atoms with Gasteiger partial charge in [0.05, 0.1) is 12.5 Å². The monoisotopic (exact) mass is 437 g/mol. The number of hydrogen-bond donors (Lipinski definition) is 1. The second kappa shape index (κ2) is 7.10. The van der Waals surface area contributed by atoms with Crippen molar-refractivity contribution in [1.29, 1.82) is 0 Å². The molecule has 5 aromatic carbocycles. The summed E-state index contributed by atoms with van der Waals surface area (Å²) in [6, 6.07) is 41.5. The fourth-order valence-electron chi connectivity index (χ4n) is 6.08. The molecule has 0 radical (unpaired) electrons. The molecule has 1 N–H and O–H groups in total. The third kappa shape index (κ3) is 2.40. The van der Waals surface area contributed by atoms with E-state index in [2.05, 4.69) is 108 Å². The van der Waals surface area contributed by atoms with Gasteiger partial charge in [-0.1, -0.05) is 84.9 Å². The summed E-state index contributed by atoms with van der Waals surface area (Å²) in [4.78, 5) is 0. The predicted octanol–water partition coefficient (Wildman–Crippen LogP) is 7.78. The zero-order valence-corrected chi connectivity index (χ0v) is 18.9. The normalized spacial score (nSPS) is 13.7. The fourth-order valence-corrected chi connectivity index (χ4v) is 6.08. The molecule has 5 aromatic rings. The van der Waals surface area contributed by atoms with Crippen molar-refractivity contribution in [2.45, 2.75) is 5.41 Å². The molecule has 0 aromatic heterocycles. The number of hydrogen-bond acceptors (Lipinski definition) is 2. The zero-order chi connectivity index (χ0) is 22.7. The Bertz CT molecular complexity index is 1520. The average Bonchev–Trinajstić information content (AvgIpc) is 3.37. The van der Waals surface area contributed by atoms with Crippen LogP contribution >= 0.6 is 0 Å². The topological polar surface area (TPSA) is 21.3 Å². The molecule has 7 rings (SSSR count). The van der Waals surface area contributed by atoms with Crippen LogP contribution in [0.5, 0.6) is 5.75 Å². The van der Waals surface area contributed by atoms with Crippen LogP contribution < -0.4 is 10.1 Å². The summed E-state index contributed by atoms with van der Waals surface area (Å²) in [7, 11) is 1.69. The smallest absolute Gasteiger partial charge is 0.119 e. The van der Waals surface area contributed by atoms with Gasteiger partial charge in [0.2, 0.25) is 0 Å². The van der Waals surface area contributed by atoms with E-state index in [1.165, 1.54) is 44.5 Å². The Morgan fingerprint density at radius 3 is 1.68 bits per heavy atom. The lowest BCUT2D eigenvalue weighted by Gasteiger charge is -2.30. The minimum Gasteiger partial charge on any atom is -0.497 e. The highest BCUT2D eigenvalue weighted by Gasteiger charge is 2.51. The molecular formula is C32H23NO. The molecule has 2 aliphatic rings. The van der Waals surface area contributed by atoms with Gasteiger partial charge < -0.3 is 10.1 Å². The summed E-state index contributed by atoms with van der Waals surface area (Å²) in [5.74, 6) is 0.854. The second-order valence-corrected chi connectivity index (χ2v) is 8.97. The van der Waals surface area contributed by atoms with Crippen LogP contribution in [0.15, 0.2) is 115 Å². The molecule has 1 spiro atoms. The summed E-state index contributed by atoms with van der Waals surface area (Å²) >= 11 is 0. The molecule has 0 atom stereocenters. The first-order valence-corrected chi connectivity index (χ1v) is 11.7. The Morgan fingerprint density at radius 1 is 0.529 bits per heavy atom. The van der Waals surface area contributed by atoms with Crippen molar-refractivity contribution in [3.8, 4) is 28.0 Å². The molecule has 0 saturated heterocycles. The van der Waals surface area contributed by atoms with Crippen LogP contribution in [0.25, 0.3) is 22.3 Å². The van der Waals surface area contributed by atoms with Gasteiger partial charge in [-0.25, -0.2) is 0 Å². The van der Waals surface area contributed by atoms with Crippen molar-refractivity contribution in [3.05, 3.63) is 138 Å². The molecule has 162 valence electrons. The first-order valence-electron chi connectivity index (χ1n) is 11.7. The van der Waals surface area contributed by atoms with Crippen molar-refractivity contribution >= 4 is 11.4 Å². The largest absolute Gasteiger partial charge is 0.497 e. The van der Waals surface area contributed by atoms with Crippen molar-refractivity contribution < 1.29 is 4.74 Å². The highest BCUT2D eigenvalue weighted by atomic mass is 16.5. The number of methoxy groups -OCH3 is 1. The van der Waals surface area contributed by atoms with Gasteiger partial charge in [-0.05, 0) is 69.3 Å². The van der Waals surface area contributed by atoms with Crippen LogP contribution in [0.2, 0.25) is 0 Å². The number of nitrogens with one attached hydrogen (secondary N) is 1. The van der Waals surface area contributed by atoms with E-state index < -0.39 is 0 Å². The van der Waals surface area contributed by atoms with Gasteiger partial charge in [0.15, 0.2) is 0 Å². The second-order valence-electron chi connectivity index (χ2n) is 8.97. The maximum Gasteiger partial charge on any atom is 0.119 e. The Labute approximate surface area is 199 Å². The Morgan fingerprint density at radius 2 is 1.06 bits per heavy atom. The molecule has 34 heavy (non-hydrogen) atoms. The lowest BCUT2D eigenvalue weighted by molar-refractivity contribution is 0.415. The Balaban J connectivity index is 1.52. The molecule has 2 heteroatoms. The van der Waals surface area contributed by atoms with Crippen molar-refractivity contribution in [2.75, 3.05) is 12.4 Å². The number of benzene rings is 5. The molecular weight excluding hydrogens is 414 g/mol. The van der Waals surface area contributed by atoms with E-state index in [9.17, 15) is 0 Å². The predicted molar refractivity (Wildman–Crippen MR) is 139 cm³/mol. The van der Waals surface area contributed by atoms with Gasteiger partial charge in [0.25, 0.3) is 0 Å². The van der Waals surface area contributed by atoms with Gasteiger partial charge in [-0.2, -0.15) is 0 Å². The molecule has 0 unspecified atom stereocenters. The first-order chi connectivity index (χ1) is 16.8. The molecule has 0 bridgehead atoms. The standard InChI is InChI=1S/C32H23NO/c1-34-22-19-17-21(18-20-22)33-30-16-8-15-29-31(30)25-11-4-7-14-28(25)32(29)26-12-5-2-9-23(26)24-10-3-6-13-27(24)32/h2-20,33H,1H3. The van der Waals surface area contributed by atoms with Crippen LogP contribution in [-0.2, 0) is 5.41 Å². The third-order valence-corrected chi connectivity index (χ3v) is 7.39. The van der Waals surface area contributed by atoms with E-state index in [1.807, 2.05) is 12.1 Å². The van der Waals surface area contributed by atoms with Gasteiger partial charge in [-0.3, -0.25) is 0 Å². The molecule has 2 nitrogen and oxygen atoms in total. The summed E-state index contributed by atoms with van der Waals surface area (Å²) in [5, 5.41) is 3.70. The fraction of sp³-hybridized carbons (Fsp3) is 0.0625. The molecule has 0 fully saturated rings. The van der Waals surface area contributed by atoms with E-state index in [0.29, 0.717) is 0 Å². The maximum atomic E-state index is 5.34. The van der Waals surface area contributed by atoms with E-state index >= 15 is 0 Å². The molecule has 0 heterocycles. The van der Waals surface area contributed by atoms with E-state index in [-0.39, 0.29) is 5.41 Å². The highest BCUT2D eigenvalue weighted by Crippen LogP contribution is 2.63. The Hall–Kier alpha value is -4.30. The van der Waals surface area contributed by atoms with Crippen molar-refractivity contribution in [3.63, 3.8) is 0 Å². The van der Waals surface area contributed by atoms with E-state index in [0.717, 1.165) is 17.1 Å². The SMILES string of the molecule is COc1ccc(Nc2cccc3c2-c2ccccc2C32c3ccccc3-c3ccccc32)cc1. The molecule has 0 saturated carbocycles. The zero-order valence-electron chi connectivity index (χ0n) is 18.9. The van der Waals surface area contributed by atoms with Crippen LogP contribution in [0, 0.1) is 0 Å².